The van der Waals surface area contributed by atoms with E-state index in [-0.39, 0.29) is 17.5 Å². The molecule has 3 aromatic rings. The molecule has 0 bridgehead atoms. The average Bonchev–Trinajstić information content (AvgIpc) is 2.84. The molecule has 0 radical (unpaired) electrons. The van der Waals surface area contributed by atoms with E-state index in [4.69, 9.17) is 9.47 Å². The first kappa shape index (κ1) is 25.6. The van der Waals surface area contributed by atoms with Crippen LogP contribution in [-0.2, 0) is 14.8 Å². The zero-order valence-corrected chi connectivity index (χ0v) is 22.1. The maximum Gasteiger partial charge on any atom is 0.264 e. The van der Waals surface area contributed by atoms with Crippen LogP contribution >= 0.6 is 0 Å². The third-order valence-electron chi connectivity index (χ3n) is 6.47. The molecule has 1 atom stereocenters. The highest BCUT2D eigenvalue weighted by molar-refractivity contribution is 7.92. The Morgan fingerprint density at radius 2 is 1.81 bits per heavy atom. The number of anilines is 1. The maximum atomic E-state index is 13.7. The summed E-state index contributed by atoms with van der Waals surface area (Å²) in [5.74, 6) is 0.910. The summed E-state index contributed by atoms with van der Waals surface area (Å²) < 4.78 is 40.1. The number of carbonyl (C=O) groups is 1. The van der Waals surface area contributed by atoms with E-state index in [2.05, 4.69) is 5.32 Å². The molecular formula is C28H32N2O5S. The van der Waals surface area contributed by atoms with Crippen LogP contribution in [0.4, 0.5) is 5.69 Å². The van der Waals surface area contributed by atoms with Gasteiger partial charge < -0.3 is 14.8 Å². The smallest absolute Gasteiger partial charge is 0.264 e. The predicted molar refractivity (Wildman–Crippen MR) is 140 cm³/mol. The van der Waals surface area contributed by atoms with Gasteiger partial charge in [0.05, 0.1) is 23.7 Å². The Bertz CT molecular complexity index is 1370. The first-order valence-electron chi connectivity index (χ1n) is 11.8. The van der Waals surface area contributed by atoms with Crippen LogP contribution in [0.2, 0.25) is 0 Å². The fraction of sp³-hybridized carbons (Fsp3) is 0.321. The van der Waals surface area contributed by atoms with Crippen LogP contribution in [0.5, 0.6) is 11.5 Å². The highest BCUT2D eigenvalue weighted by Gasteiger charge is 2.36. The van der Waals surface area contributed by atoms with Crippen molar-refractivity contribution in [3.8, 4) is 11.5 Å². The van der Waals surface area contributed by atoms with Gasteiger partial charge in [0, 0.05) is 12.0 Å². The Balaban J connectivity index is 1.69. The molecule has 3 aromatic carbocycles. The summed E-state index contributed by atoms with van der Waals surface area (Å²) in [7, 11) is -2.41. The van der Waals surface area contributed by atoms with Gasteiger partial charge in [-0.2, -0.15) is 0 Å². The van der Waals surface area contributed by atoms with Crippen molar-refractivity contribution < 1.29 is 22.7 Å². The standard InChI is InChI=1S/C28H32N2O5S/c1-19-10-9-13-25(20(19)2)30(36(32,33)22-11-7-6-8-12-22)18-27(31)29-24-17-28(3,4)35-26-15-14-21(34-5)16-23(24)26/h6-16,24H,17-18H2,1-5H3,(H,29,31). The molecule has 1 unspecified atom stereocenters. The van der Waals surface area contributed by atoms with Crippen molar-refractivity contribution in [2.75, 3.05) is 18.0 Å². The highest BCUT2D eigenvalue weighted by atomic mass is 32.2. The van der Waals surface area contributed by atoms with E-state index in [0.29, 0.717) is 23.6 Å². The van der Waals surface area contributed by atoms with Crippen molar-refractivity contribution in [1.29, 1.82) is 0 Å². The summed E-state index contributed by atoms with van der Waals surface area (Å²) in [4.78, 5) is 13.6. The summed E-state index contributed by atoms with van der Waals surface area (Å²) in [6.07, 6.45) is 0.522. The number of hydrogen-bond acceptors (Lipinski definition) is 5. The monoisotopic (exact) mass is 508 g/mol. The number of ether oxygens (including phenoxy) is 2. The summed E-state index contributed by atoms with van der Waals surface area (Å²) in [5.41, 5.74) is 2.50. The van der Waals surface area contributed by atoms with E-state index >= 15 is 0 Å². The van der Waals surface area contributed by atoms with E-state index in [1.54, 1.807) is 37.4 Å². The number of hydrogen-bond donors (Lipinski definition) is 1. The topological polar surface area (TPSA) is 84.9 Å². The van der Waals surface area contributed by atoms with E-state index in [9.17, 15) is 13.2 Å². The van der Waals surface area contributed by atoms with Crippen LogP contribution < -0.4 is 19.1 Å². The van der Waals surface area contributed by atoms with Gasteiger partial charge >= 0.3 is 0 Å². The Labute approximate surface area is 213 Å². The molecule has 190 valence electrons. The lowest BCUT2D eigenvalue weighted by Gasteiger charge is -2.38. The Morgan fingerprint density at radius 3 is 2.50 bits per heavy atom. The van der Waals surface area contributed by atoms with E-state index in [1.807, 2.05) is 52.0 Å². The molecule has 0 aromatic heterocycles. The average molecular weight is 509 g/mol. The number of nitrogens with zero attached hydrogens (tertiary/aromatic N) is 1. The summed E-state index contributed by atoms with van der Waals surface area (Å²) in [6, 6.07) is 18.7. The minimum atomic E-state index is -4.00. The lowest BCUT2D eigenvalue weighted by molar-refractivity contribution is -0.120. The number of carbonyl (C=O) groups excluding carboxylic acids is 1. The van der Waals surface area contributed by atoms with Crippen molar-refractivity contribution in [1.82, 2.24) is 5.32 Å². The van der Waals surface area contributed by atoms with Crippen molar-refractivity contribution >= 4 is 21.6 Å². The number of benzene rings is 3. The zero-order valence-electron chi connectivity index (χ0n) is 21.2. The zero-order chi connectivity index (χ0) is 26.1. The van der Waals surface area contributed by atoms with Gasteiger partial charge in [-0.1, -0.05) is 30.3 Å². The van der Waals surface area contributed by atoms with E-state index in [0.717, 1.165) is 16.7 Å². The summed E-state index contributed by atoms with van der Waals surface area (Å²) >= 11 is 0. The molecule has 8 heteroatoms. The van der Waals surface area contributed by atoms with E-state index in [1.165, 1.54) is 16.4 Å². The van der Waals surface area contributed by atoms with Crippen LogP contribution in [0.15, 0.2) is 71.6 Å². The number of rotatable bonds is 7. The predicted octanol–water partition coefficient (Wildman–Crippen LogP) is 4.93. The highest BCUT2D eigenvalue weighted by Crippen LogP contribution is 2.41. The van der Waals surface area contributed by atoms with Gasteiger partial charge in [-0.15, -0.1) is 0 Å². The van der Waals surface area contributed by atoms with Crippen LogP contribution in [0.25, 0.3) is 0 Å². The molecular weight excluding hydrogens is 476 g/mol. The van der Waals surface area contributed by atoms with Crippen molar-refractivity contribution in [2.45, 2.75) is 50.7 Å². The molecule has 1 N–H and O–H groups in total. The van der Waals surface area contributed by atoms with Crippen LogP contribution in [0, 0.1) is 13.8 Å². The van der Waals surface area contributed by atoms with Gasteiger partial charge in [0.25, 0.3) is 10.0 Å². The van der Waals surface area contributed by atoms with Gasteiger partial charge in [-0.25, -0.2) is 8.42 Å². The van der Waals surface area contributed by atoms with Crippen molar-refractivity contribution in [3.63, 3.8) is 0 Å². The molecule has 0 saturated carbocycles. The number of nitrogens with one attached hydrogen (secondary N) is 1. The normalized spacial score (nSPS) is 16.4. The molecule has 1 aliphatic heterocycles. The Kier molecular flexibility index (Phi) is 7.00. The minimum absolute atomic E-state index is 0.126. The Hall–Kier alpha value is -3.52. The van der Waals surface area contributed by atoms with Crippen molar-refractivity contribution in [3.05, 3.63) is 83.4 Å². The largest absolute Gasteiger partial charge is 0.497 e. The fourth-order valence-electron chi connectivity index (χ4n) is 4.48. The second kappa shape index (κ2) is 9.85. The van der Waals surface area contributed by atoms with Gasteiger partial charge in [0.1, 0.15) is 23.6 Å². The fourth-order valence-corrected chi connectivity index (χ4v) is 5.98. The second-order valence-electron chi connectivity index (χ2n) is 9.63. The number of sulfonamides is 1. The maximum absolute atomic E-state index is 13.7. The molecule has 7 nitrogen and oxygen atoms in total. The lowest BCUT2D eigenvalue weighted by Crippen LogP contribution is -2.45. The van der Waals surface area contributed by atoms with Gasteiger partial charge in [0.2, 0.25) is 5.91 Å². The van der Waals surface area contributed by atoms with Crippen molar-refractivity contribution in [2.24, 2.45) is 0 Å². The number of aryl methyl sites for hydroxylation is 1. The van der Waals surface area contributed by atoms with Gasteiger partial charge in [-0.05, 0) is 75.2 Å². The van der Waals surface area contributed by atoms with Crippen LogP contribution in [0.3, 0.4) is 0 Å². The number of methoxy groups -OCH3 is 1. The Morgan fingerprint density at radius 1 is 1.08 bits per heavy atom. The number of fused-ring (bicyclic) bond motifs is 1. The van der Waals surface area contributed by atoms with Gasteiger partial charge in [0.15, 0.2) is 0 Å². The summed E-state index contributed by atoms with van der Waals surface area (Å²) in [5, 5.41) is 3.06. The van der Waals surface area contributed by atoms with E-state index < -0.39 is 21.5 Å². The van der Waals surface area contributed by atoms with Gasteiger partial charge in [-0.3, -0.25) is 9.10 Å². The first-order chi connectivity index (χ1) is 17.0. The third kappa shape index (κ3) is 5.18. The molecule has 1 heterocycles. The molecule has 4 rings (SSSR count). The second-order valence-corrected chi connectivity index (χ2v) is 11.5. The molecule has 1 amide bonds. The third-order valence-corrected chi connectivity index (χ3v) is 8.25. The molecule has 0 spiro atoms. The molecule has 36 heavy (non-hydrogen) atoms. The van der Waals surface area contributed by atoms with Crippen LogP contribution in [0.1, 0.15) is 43.0 Å². The SMILES string of the molecule is COc1ccc2c(c1)C(NC(=O)CN(c1cccc(C)c1C)S(=O)(=O)c1ccccc1)CC(C)(C)O2. The minimum Gasteiger partial charge on any atom is -0.497 e. The molecule has 1 aliphatic rings. The first-order valence-corrected chi connectivity index (χ1v) is 13.3. The molecule has 0 saturated heterocycles. The lowest BCUT2D eigenvalue weighted by atomic mass is 9.89. The number of amides is 1. The molecule has 0 fully saturated rings. The molecule has 0 aliphatic carbocycles. The summed E-state index contributed by atoms with van der Waals surface area (Å²) in [6.45, 7) is 7.34. The van der Waals surface area contributed by atoms with Crippen LogP contribution in [-0.4, -0.2) is 33.6 Å². The quantitative estimate of drug-likeness (QED) is 0.489.